The van der Waals surface area contributed by atoms with Crippen molar-refractivity contribution < 1.29 is 9.53 Å². The lowest BCUT2D eigenvalue weighted by Crippen LogP contribution is -2.52. The van der Waals surface area contributed by atoms with Crippen LogP contribution in [0.3, 0.4) is 0 Å². The van der Waals surface area contributed by atoms with Crippen LogP contribution < -0.4 is 5.32 Å². The highest BCUT2D eigenvalue weighted by molar-refractivity contribution is 5.95. The number of hydrogen-bond donors (Lipinski definition) is 1. The highest BCUT2D eigenvalue weighted by atomic mass is 16.5. The Hall–Kier alpha value is -1.40. The van der Waals surface area contributed by atoms with Crippen LogP contribution in [0, 0.1) is 0 Å². The van der Waals surface area contributed by atoms with Crippen LogP contribution in [0.25, 0.3) is 0 Å². The SMILES string of the molecule is O=C(N[C@H]1COC[C@@H]1N1CCCCC1)c1cnn2c1CCCC2. The van der Waals surface area contributed by atoms with E-state index in [-0.39, 0.29) is 11.9 Å². The summed E-state index contributed by atoms with van der Waals surface area (Å²) in [4.78, 5) is 15.2. The van der Waals surface area contributed by atoms with Gasteiger partial charge in [-0.1, -0.05) is 6.42 Å². The molecule has 0 bridgehead atoms. The van der Waals surface area contributed by atoms with E-state index >= 15 is 0 Å². The molecule has 0 aliphatic carbocycles. The average Bonchev–Trinajstić information content (AvgIpc) is 3.22. The van der Waals surface area contributed by atoms with E-state index in [2.05, 4.69) is 15.3 Å². The Morgan fingerprint density at radius 2 is 1.96 bits per heavy atom. The fourth-order valence-corrected chi connectivity index (χ4v) is 4.15. The smallest absolute Gasteiger partial charge is 0.255 e. The normalized spacial score (nSPS) is 28.5. The number of carbonyl (C=O) groups excluding carboxylic acids is 1. The van der Waals surface area contributed by atoms with E-state index in [1.54, 1.807) is 6.20 Å². The van der Waals surface area contributed by atoms with Gasteiger partial charge in [0, 0.05) is 6.54 Å². The van der Waals surface area contributed by atoms with Gasteiger partial charge in [-0.25, -0.2) is 0 Å². The van der Waals surface area contributed by atoms with Gasteiger partial charge in [0.2, 0.25) is 0 Å². The molecule has 0 unspecified atom stereocenters. The maximum atomic E-state index is 12.7. The van der Waals surface area contributed by atoms with E-state index in [0.29, 0.717) is 12.6 Å². The van der Waals surface area contributed by atoms with Crippen LogP contribution in [0.1, 0.15) is 48.2 Å². The van der Waals surface area contributed by atoms with Crippen LogP contribution in [0.4, 0.5) is 0 Å². The van der Waals surface area contributed by atoms with Gasteiger partial charge < -0.3 is 10.1 Å². The van der Waals surface area contributed by atoms with E-state index in [1.165, 1.54) is 19.3 Å². The van der Waals surface area contributed by atoms with Gasteiger partial charge in [-0.2, -0.15) is 5.10 Å². The minimum Gasteiger partial charge on any atom is -0.378 e. The summed E-state index contributed by atoms with van der Waals surface area (Å²) in [5.41, 5.74) is 1.86. The van der Waals surface area contributed by atoms with Crippen LogP contribution in [0.15, 0.2) is 6.20 Å². The minimum atomic E-state index is 0.0191. The lowest BCUT2D eigenvalue weighted by molar-refractivity contribution is 0.0898. The van der Waals surface area contributed by atoms with Gasteiger partial charge in [0.15, 0.2) is 0 Å². The van der Waals surface area contributed by atoms with Gasteiger partial charge >= 0.3 is 0 Å². The monoisotopic (exact) mass is 318 g/mol. The third-order valence-corrected chi connectivity index (χ3v) is 5.45. The van der Waals surface area contributed by atoms with Crippen molar-refractivity contribution in [3.05, 3.63) is 17.5 Å². The van der Waals surface area contributed by atoms with Gasteiger partial charge in [-0.05, 0) is 45.2 Å². The number of aromatic nitrogens is 2. The topological polar surface area (TPSA) is 59.4 Å². The number of piperidine rings is 1. The second kappa shape index (κ2) is 6.61. The van der Waals surface area contributed by atoms with E-state index < -0.39 is 0 Å². The van der Waals surface area contributed by atoms with Crippen molar-refractivity contribution in [2.45, 2.75) is 57.2 Å². The number of nitrogens with zero attached hydrogens (tertiary/aromatic N) is 3. The summed E-state index contributed by atoms with van der Waals surface area (Å²) in [5, 5.41) is 7.60. The summed E-state index contributed by atoms with van der Waals surface area (Å²) >= 11 is 0. The molecular weight excluding hydrogens is 292 g/mol. The summed E-state index contributed by atoms with van der Waals surface area (Å²) in [6.07, 6.45) is 8.84. The Morgan fingerprint density at radius 3 is 2.83 bits per heavy atom. The number of aryl methyl sites for hydroxylation is 1. The molecule has 3 aliphatic heterocycles. The number of carbonyl (C=O) groups is 1. The summed E-state index contributed by atoms with van der Waals surface area (Å²) in [7, 11) is 0. The Morgan fingerprint density at radius 1 is 1.13 bits per heavy atom. The molecular formula is C17H26N4O2. The minimum absolute atomic E-state index is 0.0191. The summed E-state index contributed by atoms with van der Waals surface area (Å²) < 4.78 is 7.67. The van der Waals surface area contributed by atoms with Crippen molar-refractivity contribution in [1.29, 1.82) is 0 Å². The molecule has 0 radical (unpaired) electrons. The number of nitrogens with one attached hydrogen (secondary N) is 1. The Balaban J connectivity index is 1.44. The predicted molar refractivity (Wildman–Crippen MR) is 86.5 cm³/mol. The fraction of sp³-hybridized carbons (Fsp3) is 0.765. The molecule has 6 nitrogen and oxygen atoms in total. The van der Waals surface area contributed by atoms with Crippen molar-refractivity contribution in [2.75, 3.05) is 26.3 Å². The molecule has 6 heteroatoms. The van der Waals surface area contributed by atoms with E-state index in [0.717, 1.165) is 56.8 Å². The molecule has 1 aromatic rings. The number of likely N-dealkylation sites (tertiary alicyclic amines) is 1. The van der Waals surface area contributed by atoms with E-state index in [4.69, 9.17) is 4.74 Å². The second-order valence-corrected chi connectivity index (χ2v) is 6.97. The Kier molecular flexibility index (Phi) is 4.35. The summed E-state index contributed by atoms with van der Waals surface area (Å²) in [6, 6.07) is 0.422. The average molecular weight is 318 g/mol. The van der Waals surface area contributed by atoms with Crippen molar-refractivity contribution in [1.82, 2.24) is 20.0 Å². The van der Waals surface area contributed by atoms with Gasteiger partial charge in [0.1, 0.15) is 0 Å². The quantitative estimate of drug-likeness (QED) is 0.910. The molecule has 1 aromatic heterocycles. The number of amides is 1. The van der Waals surface area contributed by atoms with Crippen molar-refractivity contribution in [3.63, 3.8) is 0 Å². The van der Waals surface area contributed by atoms with Crippen LogP contribution in [-0.2, 0) is 17.7 Å². The molecule has 1 N–H and O–H groups in total. The molecule has 0 saturated carbocycles. The van der Waals surface area contributed by atoms with E-state index in [1.807, 2.05) is 4.68 Å². The number of rotatable bonds is 3. The van der Waals surface area contributed by atoms with Crippen molar-refractivity contribution in [2.24, 2.45) is 0 Å². The molecule has 3 aliphatic rings. The van der Waals surface area contributed by atoms with Crippen LogP contribution in [-0.4, -0.2) is 59.0 Å². The molecule has 2 fully saturated rings. The van der Waals surface area contributed by atoms with Gasteiger partial charge in [0.05, 0.1) is 42.8 Å². The largest absolute Gasteiger partial charge is 0.378 e. The standard InChI is InChI=1S/C17H26N4O2/c22-17(13-10-18-21-9-5-2-6-15(13)21)19-14-11-23-12-16(14)20-7-3-1-4-8-20/h10,14,16H,1-9,11-12H2,(H,19,22)/t14-,16-/m0/s1. The lowest BCUT2D eigenvalue weighted by Gasteiger charge is -2.34. The maximum Gasteiger partial charge on any atom is 0.255 e. The van der Waals surface area contributed by atoms with Crippen molar-refractivity contribution in [3.8, 4) is 0 Å². The molecule has 1 amide bonds. The van der Waals surface area contributed by atoms with Gasteiger partial charge in [-0.15, -0.1) is 0 Å². The Bertz CT molecular complexity index is 565. The van der Waals surface area contributed by atoms with Crippen LogP contribution in [0.5, 0.6) is 0 Å². The molecule has 2 atom stereocenters. The molecule has 4 heterocycles. The lowest BCUT2D eigenvalue weighted by atomic mass is 10.0. The van der Waals surface area contributed by atoms with E-state index in [9.17, 15) is 4.79 Å². The zero-order chi connectivity index (χ0) is 15.6. The van der Waals surface area contributed by atoms with Crippen LogP contribution >= 0.6 is 0 Å². The van der Waals surface area contributed by atoms with Gasteiger partial charge in [-0.3, -0.25) is 14.4 Å². The van der Waals surface area contributed by atoms with Crippen molar-refractivity contribution >= 4 is 5.91 Å². The summed E-state index contributed by atoms with van der Waals surface area (Å²) in [5.74, 6) is 0.0191. The number of hydrogen-bond acceptors (Lipinski definition) is 4. The Labute approximate surface area is 137 Å². The zero-order valence-electron chi connectivity index (χ0n) is 13.7. The number of fused-ring (bicyclic) bond motifs is 1. The maximum absolute atomic E-state index is 12.7. The highest BCUT2D eigenvalue weighted by Crippen LogP contribution is 2.21. The molecule has 2 saturated heterocycles. The third kappa shape index (κ3) is 3.02. The second-order valence-electron chi connectivity index (χ2n) is 6.97. The highest BCUT2D eigenvalue weighted by Gasteiger charge is 2.35. The molecule has 0 spiro atoms. The third-order valence-electron chi connectivity index (χ3n) is 5.45. The summed E-state index contributed by atoms with van der Waals surface area (Å²) in [6.45, 7) is 4.55. The van der Waals surface area contributed by atoms with Gasteiger partial charge in [0.25, 0.3) is 5.91 Å². The molecule has 23 heavy (non-hydrogen) atoms. The first kappa shape index (κ1) is 15.1. The molecule has 126 valence electrons. The first-order valence-electron chi connectivity index (χ1n) is 9.00. The zero-order valence-corrected chi connectivity index (χ0v) is 13.7. The first-order valence-corrected chi connectivity index (χ1v) is 9.00. The predicted octanol–water partition coefficient (Wildman–Crippen LogP) is 1.20. The molecule has 0 aromatic carbocycles. The fourth-order valence-electron chi connectivity index (χ4n) is 4.15. The van der Waals surface area contributed by atoms with Crippen LogP contribution in [0.2, 0.25) is 0 Å². The number of ether oxygens (including phenoxy) is 1. The molecule has 4 rings (SSSR count). The first-order chi connectivity index (χ1) is 11.3.